The third-order valence-corrected chi connectivity index (χ3v) is 4.40. The Morgan fingerprint density at radius 2 is 1.07 bits per heavy atom. The van der Waals surface area contributed by atoms with E-state index in [0.717, 1.165) is 12.2 Å². The normalized spacial score (nSPS) is 26.9. The van der Waals surface area contributed by atoms with Crippen LogP contribution >= 0.6 is 0 Å². The van der Waals surface area contributed by atoms with E-state index in [0.29, 0.717) is 0 Å². The number of hydrogen-bond donors (Lipinski definition) is 1. The molecule has 1 aromatic carbocycles. The van der Waals surface area contributed by atoms with Crippen LogP contribution in [0, 0.1) is 0 Å². The third kappa shape index (κ3) is 2.30. The Labute approximate surface area is 149 Å². The fourth-order valence-corrected chi connectivity index (χ4v) is 2.63. The van der Waals surface area contributed by atoms with Gasteiger partial charge in [-0.05, 0) is 12.5 Å². The number of nitrogens with one attached hydrogen (secondary N) is 1. The number of halogens is 11. The Hall–Kier alpha value is -2.08. The minimum atomic E-state index is -7.35. The molecule has 2 rings (SSSR count). The van der Waals surface area contributed by atoms with Gasteiger partial charge in [-0.25, -0.2) is 4.39 Å². The van der Waals surface area contributed by atoms with Gasteiger partial charge in [-0.2, -0.15) is 43.9 Å². The maximum atomic E-state index is 14.5. The standard InChI is InChI=1S/C15H10F11NO/c1-7(8-5-3-2-4-6-8)27-9(28)10(16)11(17,18)13(21,22)15(25,26)14(23,24)12(10,19)20/h2-7H,1H3,(H,27,28)/t7-/m0/s1. The van der Waals surface area contributed by atoms with Crippen molar-refractivity contribution in [3.05, 3.63) is 35.9 Å². The molecule has 1 aliphatic carbocycles. The largest absolute Gasteiger partial charge is 0.384 e. The zero-order valence-electron chi connectivity index (χ0n) is 13.5. The van der Waals surface area contributed by atoms with Crippen molar-refractivity contribution in [3.8, 4) is 0 Å². The highest BCUT2D eigenvalue weighted by atomic mass is 19.4. The van der Waals surface area contributed by atoms with E-state index < -0.39 is 47.2 Å². The van der Waals surface area contributed by atoms with Gasteiger partial charge in [0.15, 0.2) is 0 Å². The van der Waals surface area contributed by atoms with E-state index in [1.165, 1.54) is 30.3 Å². The van der Waals surface area contributed by atoms with E-state index in [1.54, 1.807) is 0 Å². The van der Waals surface area contributed by atoms with Crippen LogP contribution in [0.3, 0.4) is 0 Å². The Kier molecular flexibility index (Phi) is 4.73. The topological polar surface area (TPSA) is 29.1 Å². The molecule has 1 atom stereocenters. The average Bonchev–Trinajstić information content (AvgIpc) is 2.59. The van der Waals surface area contributed by atoms with Gasteiger partial charge in [0.2, 0.25) is 0 Å². The lowest BCUT2D eigenvalue weighted by molar-refractivity contribution is -0.476. The van der Waals surface area contributed by atoms with Crippen LogP contribution in [-0.2, 0) is 4.79 Å². The van der Waals surface area contributed by atoms with E-state index in [4.69, 9.17) is 0 Å². The highest BCUT2D eigenvalue weighted by Crippen LogP contribution is 2.69. The lowest BCUT2D eigenvalue weighted by atomic mass is 9.71. The van der Waals surface area contributed by atoms with Gasteiger partial charge in [-0.1, -0.05) is 30.3 Å². The highest BCUT2D eigenvalue weighted by molar-refractivity contribution is 5.89. The van der Waals surface area contributed by atoms with Crippen LogP contribution in [0.4, 0.5) is 48.3 Å². The van der Waals surface area contributed by atoms with Crippen LogP contribution in [0.5, 0.6) is 0 Å². The molecule has 28 heavy (non-hydrogen) atoms. The van der Waals surface area contributed by atoms with Crippen LogP contribution in [0.15, 0.2) is 30.3 Å². The van der Waals surface area contributed by atoms with E-state index in [9.17, 15) is 53.1 Å². The molecule has 0 spiro atoms. The SMILES string of the molecule is C[C@H](NC(=O)C1(F)C(F)(F)C(F)(F)C(F)(F)C(F)(F)C1(F)F)c1ccccc1. The van der Waals surface area contributed by atoms with Gasteiger partial charge in [-0.15, -0.1) is 0 Å². The summed E-state index contributed by atoms with van der Waals surface area (Å²) in [6.45, 7) is 0.903. The average molecular weight is 429 g/mol. The van der Waals surface area contributed by atoms with Crippen molar-refractivity contribution in [3.63, 3.8) is 0 Å². The van der Waals surface area contributed by atoms with E-state index >= 15 is 0 Å². The summed E-state index contributed by atoms with van der Waals surface area (Å²) in [5.74, 6) is -39.6. The number of benzene rings is 1. The first-order chi connectivity index (χ1) is 12.4. The van der Waals surface area contributed by atoms with Gasteiger partial charge < -0.3 is 5.32 Å². The van der Waals surface area contributed by atoms with Crippen molar-refractivity contribution in [2.75, 3.05) is 0 Å². The molecule has 2 nitrogen and oxygen atoms in total. The molecular weight excluding hydrogens is 419 g/mol. The molecule has 1 saturated carbocycles. The molecule has 1 fully saturated rings. The Bertz CT molecular complexity index is 733. The molecule has 0 aromatic heterocycles. The Morgan fingerprint density at radius 3 is 1.46 bits per heavy atom. The number of amides is 1. The first kappa shape index (κ1) is 22.2. The molecule has 0 unspecified atom stereocenters. The van der Waals surface area contributed by atoms with Gasteiger partial charge in [0.1, 0.15) is 0 Å². The summed E-state index contributed by atoms with van der Waals surface area (Å²) in [5, 5.41) is 1.14. The summed E-state index contributed by atoms with van der Waals surface area (Å²) in [5.41, 5.74) is -6.72. The number of rotatable bonds is 3. The number of carbonyl (C=O) groups is 1. The molecular formula is C15H10F11NO. The van der Waals surface area contributed by atoms with Crippen molar-refractivity contribution in [1.29, 1.82) is 0 Å². The van der Waals surface area contributed by atoms with Gasteiger partial charge in [-0.3, -0.25) is 4.79 Å². The van der Waals surface area contributed by atoms with Crippen LogP contribution in [0.25, 0.3) is 0 Å². The van der Waals surface area contributed by atoms with Gasteiger partial charge in [0, 0.05) is 0 Å². The second-order valence-electron chi connectivity index (χ2n) is 6.14. The summed E-state index contributed by atoms with van der Waals surface area (Å²) >= 11 is 0. The predicted octanol–water partition coefficient (Wildman–Crippen LogP) is 4.76. The maximum absolute atomic E-state index is 14.5. The van der Waals surface area contributed by atoms with Crippen LogP contribution in [0.1, 0.15) is 18.5 Å². The zero-order valence-corrected chi connectivity index (χ0v) is 13.5. The van der Waals surface area contributed by atoms with Crippen molar-refractivity contribution in [2.24, 2.45) is 0 Å². The molecule has 1 aliphatic rings. The minimum absolute atomic E-state index is 0.0363. The van der Waals surface area contributed by atoms with Crippen LogP contribution in [0.2, 0.25) is 0 Å². The molecule has 1 N–H and O–H groups in total. The first-order valence-corrected chi connectivity index (χ1v) is 7.35. The smallest absolute Gasteiger partial charge is 0.346 e. The minimum Gasteiger partial charge on any atom is -0.346 e. The quantitative estimate of drug-likeness (QED) is 0.690. The summed E-state index contributed by atoms with van der Waals surface area (Å²) < 4.78 is 149. The molecule has 1 aromatic rings. The second kappa shape index (κ2) is 5.96. The number of alkyl halides is 11. The fraction of sp³-hybridized carbons (Fsp3) is 0.533. The van der Waals surface area contributed by atoms with Crippen molar-refractivity contribution >= 4 is 5.91 Å². The lowest BCUT2D eigenvalue weighted by Crippen LogP contribution is -2.86. The van der Waals surface area contributed by atoms with E-state index in [2.05, 4.69) is 0 Å². The van der Waals surface area contributed by atoms with E-state index in [1.807, 2.05) is 0 Å². The Balaban J connectivity index is 2.60. The fourth-order valence-electron chi connectivity index (χ4n) is 2.63. The molecule has 0 bridgehead atoms. The zero-order chi connectivity index (χ0) is 22.0. The van der Waals surface area contributed by atoms with Gasteiger partial charge >= 0.3 is 35.3 Å². The predicted molar refractivity (Wildman–Crippen MR) is 71.6 cm³/mol. The molecule has 0 aliphatic heterocycles. The monoisotopic (exact) mass is 429 g/mol. The summed E-state index contributed by atoms with van der Waals surface area (Å²) in [6.07, 6.45) is 0. The lowest BCUT2D eigenvalue weighted by Gasteiger charge is -2.51. The van der Waals surface area contributed by atoms with Crippen LogP contribution < -0.4 is 5.32 Å². The molecule has 0 heterocycles. The van der Waals surface area contributed by atoms with Gasteiger partial charge in [0.25, 0.3) is 5.91 Å². The van der Waals surface area contributed by atoms with Crippen molar-refractivity contribution < 1.29 is 53.1 Å². The Morgan fingerprint density at radius 1 is 0.714 bits per heavy atom. The molecule has 158 valence electrons. The first-order valence-electron chi connectivity index (χ1n) is 7.35. The maximum Gasteiger partial charge on any atom is 0.384 e. The molecule has 0 radical (unpaired) electrons. The molecule has 0 saturated heterocycles. The highest BCUT2D eigenvalue weighted by Gasteiger charge is 3.02. The molecule has 13 heteroatoms. The van der Waals surface area contributed by atoms with E-state index in [-0.39, 0.29) is 5.56 Å². The summed E-state index contributed by atoms with van der Waals surface area (Å²) in [7, 11) is 0. The number of hydrogen-bond acceptors (Lipinski definition) is 1. The van der Waals surface area contributed by atoms with Crippen LogP contribution in [-0.4, -0.2) is 41.2 Å². The third-order valence-electron chi connectivity index (χ3n) is 4.40. The van der Waals surface area contributed by atoms with Gasteiger partial charge in [0.05, 0.1) is 6.04 Å². The summed E-state index contributed by atoms with van der Waals surface area (Å²) in [4.78, 5) is 11.8. The van der Waals surface area contributed by atoms with Crippen molar-refractivity contribution in [2.45, 2.75) is 48.2 Å². The van der Waals surface area contributed by atoms with Crippen molar-refractivity contribution in [1.82, 2.24) is 5.32 Å². The molecule has 1 amide bonds. The number of carbonyl (C=O) groups excluding carboxylic acids is 1. The second-order valence-corrected chi connectivity index (χ2v) is 6.14. The summed E-state index contributed by atoms with van der Waals surface area (Å²) in [6, 6.07) is 4.76.